The molecule has 3 aromatic heterocycles. The summed E-state index contributed by atoms with van der Waals surface area (Å²) in [4.78, 5) is 27.9. The summed E-state index contributed by atoms with van der Waals surface area (Å²) in [7, 11) is 0. The first-order chi connectivity index (χ1) is 14.8. The van der Waals surface area contributed by atoms with Crippen molar-refractivity contribution in [1.29, 1.82) is 0 Å². The Kier molecular flexibility index (Phi) is 4.46. The van der Waals surface area contributed by atoms with Gasteiger partial charge >= 0.3 is 6.18 Å². The smallest absolute Gasteiger partial charge is 0.340 e. The van der Waals surface area contributed by atoms with Gasteiger partial charge in [-0.1, -0.05) is 12.1 Å². The van der Waals surface area contributed by atoms with E-state index in [4.69, 9.17) is 0 Å². The summed E-state index contributed by atoms with van der Waals surface area (Å²) in [6.45, 7) is 1.79. The van der Waals surface area contributed by atoms with Crippen LogP contribution in [0, 0.1) is 6.92 Å². The van der Waals surface area contributed by atoms with E-state index in [1.807, 2.05) is 0 Å². The molecule has 0 radical (unpaired) electrons. The summed E-state index contributed by atoms with van der Waals surface area (Å²) in [6, 6.07) is 4.98. The number of nitrogens with one attached hydrogen (secondary N) is 2. The van der Waals surface area contributed by atoms with Gasteiger partial charge in [-0.3, -0.25) is 4.79 Å². The number of amides is 1. The van der Waals surface area contributed by atoms with Crippen LogP contribution in [0.4, 0.5) is 19.0 Å². The third kappa shape index (κ3) is 3.32. The summed E-state index contributed by atoms with van der Waals surface area (Å²) >= 11 is 1.33. The SMILES string of the molecule is Cc1nn(-c2ncnc3nc[nH]c23)c2c1[C@H](c1ccc(C(F)(F)F)cc1)SCC(=O)N2. The predicted molar refractivity (Wildman–Crippen MR) is 108 cm³/mol. The zero-order valence-electron chi connectivity index (χ0n) is 15.9. The molecular weight excluding hydrogens is 431 g/mol. The van der Waals surface area contributed by atoms with Crippen LogP contribution in [0.2, 0.25) is 0 Å². The second kappa shape index (κ2) is 7.08. The Morgan fingerprint density at radius 3 is 2.68 bits per heavy atom. The van der Waals surface area contributed by atoms with Gasteiger partial charge in [0.25, 0.3) is 0 Å². The average molecular weight is 445 g/mol. The zero-order valence-corrected chi connectivity index (χ0v) is 16.8. The van der Waals surface area contributed by atoms with Gasteiger partial charge in [-0.25, -0.2) is 15.0 Å². The Labute approximate surface area is 177 Å². The van der Waals surface area contributed by atoms with E-state index < -0.39 is 11.7 Å². The van der Waals surface area contributed by atoms with E-state index >= 15 is 0 Å². The van der Waals surface area contributed by atoms with Gasteiger partial charge < -0.3 is 10.3 Å². The number of carbonyl (C=O) groups excluding carboxylic acids is 1. The molecule has 4 heterocycles. The molecule has 5 rings (SSSR count). The number of aromatic nitrogens is 6. The van der Waals surface area contributed by atoms with E-state index in [2.05, 4.69) is 30.4 Å². The van der Waals surface area contributed by atoms with Crippen LogP contribution in [-0.2, 0) is 11.0 Å². The van der Waals surface area contributed by atoms with Gasteiger partial charge in [0.1, 0.15) is 17.7 Å². The van der Waals surface area contributed by atoms with Crippen LogP contribution in [0.15, 0.2) is 36.9 Å². The number of halogens is 3. The minimum Gasteiger partial charge on any atom is -0.340 e. The first-order valence-electron chi connectivity index (χ1n) is 9.15. The first-order valence-corrected chi connectivity index (χ1v) is 10.2. The molecule has 12 heteroatoms. The fraction of sp³-hybridized carbons (Fsp3) is 0.211. The minimum absolute atomic E-state index is 0.142. The lowest BCUT2D eigenvalue weighted by Crippen LogP contribution is -2.16. The standard InChI is InChI=1S/C19H14F3N7OS/c1-9-13-15(10-2-4-11(5-3-10)19(20,21)22)31-6-12(30)27-17(13)29(28-9)18-14-16(24-7-23-14)25-8-26-18/h2-5,7-8,15H,6H2,1H3,(H,27,30)(H,23,24,25,26)/t15-/m0/s1. The topological polar surface area (TPSA) is 101 Å². The van der Waals surface area contributed by atoms with Crippen LogP contribution < -0.4 is 5.32 Å². The van der Waals surface area contributed by atoms with Crippen LogP contribution in [0.5, 0.6) is 0 Å². The molecule has 4 aromatic rings. The largest absolute Gasteiger partial charge is 0.416 e. The molecule has 1 aromatic carbocycles. The highest BCUT2D eigenvalue weighted by atomic mass is 32.2. The van der Waals surface area contributed by atoms with E-state index in [0.29, 0.717) is 39.6 Å². The van der Waals surface area contributed by atoms with E-state index in [9.17, 15) is 18.0 Å². The van der Waals surface area contributed by atoms with Crippen LogP contribution in [-0.4, -0.2) is 41.4 Å². The van der Waals surface area contributed by atoms with Crippen molar-refractivity contribution >= 4 is 34.7 Å². The number of benzene rings is 1. The van der Waals surface area contributed by atoms with E-state index in [1.165, 1.54) is 41.2 Å². The van der Waals surface area contributed by atoms with Crippen molar-refractivity contribution in [1.82, 2.24) is 29.7 Å². The molecule has 0 fully saturated rings. The molecule has 0 unspecified atom stereocenters. The van der Waals surface area contributed by atoms with Crippen molar-refractivity contribution in [2.45, 2.75) is 18.3 Å². The number of thioether (sulfide) groups is 1. The Morgan fingerprint density at radius 1 is 1.16 bits per heavy atom. The molecule has 31 heavy (non-hydrogen) atoms. The Balaban J connectivity index is 1.66. The van der Waals surface area contributed by atoms with E-state index in [0.717, 1.165) is 12.1 Å². The van der Waals surface area contributed by atoms with Crippen LogP contribution in [0.25, 0.3) is 17.0 Å². The van der Waals surface area contributed by atoms with Gasteiger partial charge in [-0.15, -0.1) is 11.8 Å². The van der Waals surface area contributed by atoms with Gasteiger partial charge in [0.15, 0.2) is 11.5 Å². The van der Waals surface area contributed by atoms with Crippen molar-refractivity contribution in [2.24, 2.45) is 0 Å². The molecule has 158 valence electrons. The fourth-order valence-electron chi connectivity index (χ4n) is 3.56. The van der Waals surface area contributed by atoms with Crippen molar-refractivity contribution in [2.75, 3.05) is 11.1 Å². The molecule has 1 atom stereocenters. The lowest BCUT2D eigenvalue weighted by molar-refractivity contribution is -0.137. The summed E-state index contributed by atoms with van der Waals surface area (Å²) < 4.78 is 40.4. The molecule has 0 aliphatic carbocycles. The monoisotopic (exact) mass is 445 g/mol. The average Bonchev–Trinajstić information content (AvgIpc) is 3.28. The number of hydrogen-bond donors (Lipinski definition) is 2. The number of aromatic amines is 1. The molecule has 1 aliphatic rings. The number of fused-ring (bicyclic) bond motifs is 2. The lowest BCUT2D eigenvalue weighted by atomic mass is 10.0. The fourth-order valence-corrected chi connectivity index (χ4v) is 4.75. The van der Waals surface area contributed by atoms with Crippen molar-refractivity contribution < 1.29 is 18.0 Å². The van der Waals surface area contributed by atoms with Gasteiger partial charge in [-0.2, -0.15) is 23.0 Å². The van der Waals surface area contributed by atoms with Crippen LogP contribution in [0.1, 0.15) is 27.6 Å². The lowest BCUT2D eigenvalue weighted by Gasteiger charge is -2.16. The van der Waals surface area contributed by atoms with Gasteiger partial charge in [-0.05, 0) is 24.6 Å². The first kappa shape index (κ1) is 19.5. The minimum atomic E-state index is -4.42. The van der Waals surface area contributed by atoms with Gasteiger partial charge in [0, 0.05) is 5.56 Å². The summed E-state index contributed by atoms with van der Waals surface area (Å²) in [6.07, 6.45) is -1.58. The number of anilines is 1. The maximum Gasteiger partial charge on any atom is 0.416 e. The number of imidazole rings is 1. The Hall–Kier alpha value is -3.41. The zero-order chi connectivity index (χ0) is 21.8. The number of hydrogen-bond acceptors (Lipinski definition) is 6. The van der Waals surface area contributed by atoms with Crippen molar-refractivity contribution in [3.05, 3.63) is 59.3 Å². The van der Waals surface area contributed by atoms with Gasteiger partial charge in [0.2, 0.25) is 5.91 Å². The molecule has 1 amide bonds. The molecule has 8 nitrogen and oxygen atoms in total. The van der Waals surface area contributed by atoms with Gasteiger partial charge in [0.05, 0.1) is 28.6 Å². The number of rotatable bonds is 2. The van der Waals surface area contributed by atoms with Crippen LogP contribution >= 0.6 is 11.8 Å². The molecule has 0 saturated heterocycles. The maximum atomic E-state index is 13.0. The number of H-pyrrole nitrogens is 1. The molecular formula is C19H14F3N7OS. The highest BCUT2D eigenvalue weighted by Gasteiger charge is 2.33. The molecule has 1 aliphatic heterocycles. The third-order valence-corrected chi connectivity index (χ3v) is 6.22. The van der Waals surface area contributed by atoms with Crippen LogP contribution in [0.3, 0.4) is 0 Å². The summed E-state index contributed by atoms with van der Waals surface area (Å²) in [5.74, 6) is 0.734. The van der Waals surface area contributed by atoms with E-state index in [1.54, 1.807) is 6.92 Å². The second-order valence-electron chi connectivity index (χ2n) is 6.92. The van der Waals surface area contributed by atoms with E-state index in [-0.39, 0.29) is 16.9 Å². The van der Waals surface area contributed by atoms with Crippen molar-refractivity contribution in [3.8, 4) is 5.82 Å². The van der Waals surface area contributed by atoms with Crippen molar-refractivity contribution in [3.63, 3.8) is 0 Å². The summed E-state index contributed by atoms with van der Waals surface area (Å²) in [5, 5.41) is 7.05. The molecule has 2 N–H and O–H groups in total. The maximum absolute atomic E-state index is 13.0. The Morgan fingerprint density at radius 2 is 1.94 bits per heavy atom. The Bertz CT molecular complexity index is 1300. The highest BCUT2D eigenvalue weighted by molar-refractivity contribution is 8.00. The molecule has 0 spiro atoms. The molecule has 0 bridgehead atoms. The second-order valence-corrected chi connectivity index (χ2v) is 8.01. The number of aryl methyl sites for hydroxylation is 1. The quantitative estimate of drug-likeness (QED) is 0.489. The number of alkyl halides is 3. The molecule has 0 saturated carbocycles. The predicted octanol–water partition coefficient (Wildman–Crippen LogP) is 3.64. The normalized spacial score (nSPS) is 16.8. The summed E-state index contributed by atoms with van der Waals surface area (Å²) in [5.41, 5.74) is 2.25. The third-order valence-electron chi connectivity index (χ3n) is 4.95. The number of nitrogens with zero attached hydrogens (tertiary/aromatic N) is 5. The highest BCUT2D eigenvalue weighted by Crippen LogP contribution is 2.44. The number of carbonyl (C=O) groups is 1.